The predicted octanol–water partition coefficient (Wildman–Crippen LogP) is 3.31. The first-order valence-electron chi connectivity index (χ1n) is 8.10. The molecular formula is C18H18N4O2S. The third kappa shape index (κ3) is 3.13. The van der Waals surface area contributed by atoms with E-state index in [0.29, 0.717) is 30.2 Å². The van der Waals surface area contributed by atoms with Gasteiger partial charge in [-0.15, -0.1) is 0 Å². The van der Waals surface area contributed by atoms with Crippen molar-refractivity contribution in [2.24, 2.45) is 0 Å². The average molecular weight is 354 g/mol. The van der Waals surface area contributed by atoms with Gasteiger partial charge in [-0.2, -0.15) is 21.7 Å². The van der Waals surface area contributed by atoms with E-state index >= 15 is 0 Å². The summed E-state index contributed by atoms with van der Waals surface area (Å²) in [7, 11) is 0. The summed E-state index contributed by atoms with van der Waals surface area (Å²) in [6, 6.07) is 3.98. The molecule has 0 aliphatic rings. The third-order valence-electron chi connectivity index (χ3n) is 4.10. The lowest BCUT2D eigenvalue weighted by molar-refractivity contribution is 0.532. The highest BCUT2D eigenvalue weighted by atomic mass is 32.1. The lowest BCUT2D eigenvalue weighted by Gasteiger charge is -2.11. The van der Waals surface area contributed by atoms with Gasteiger partial charge in [-0.3, -0.25) is 4.79 Å². The van der Waals surface area contributed by atoms with Gasteiger partial charge >= 0.3 is 0 Å². The molecule has 0 aliphatic carbocycles. The molecule has 3 rings (SSSR count). The van der Waals surface area contributed by atoms with E-state index in [1.807, 2.05) is 43.7 Å². The van der Waals surface area contributed by atoms with Crippen molar-refractivity contribution in [1.82, 2.24) is 14.8 Å². The molecular weight excluding hydrogens is 336 g/mol. The van der Waals surface area contributed by atoms with Crippen LogP contribution in [0, 0.1) is 18.3 Å². The van der Waals surface area contributed by atoms with Crippen molar-refractivity contribution in [3.05, 3.63) is 55.5 Å². The Kier molecular flexibility index (Phi) is 4.81. The van der Waals surface area contributed by atoms with Crippen LogP contribution in [0.15, 0.2) is 26.0 Å². The van der Waals surface area contributed by atoms with Gasteiger partial charge in [0.15, 0.2) is 0 Å². The third-order valence-corrected chi connectivity index (χ3v) is 4.78. The summed E-state index contributed by atoms with van der Waals surface area (Å²) >= 11 is 1.57. The Morgan fingerprint density at radius 1 is 1.32 bits per heavy atom. The number of hydrogen-bond acceptors (Lipinski definition) is 6. The number of thiophene rings is 1. The molecule has 0 N–H and O–H groups in total. The van der Waals surface area contributed by atoms with E-state index in [9.17, 15) is 10.1 Å². The maximum Gasteiger partial charge on any atom is 0.285 e. The van der Waals surface area contributed by atoms with Gasteiger partial charge in [-0.05, 0) is 36.8 Å². The molecule has 128 valence electrons. The lowest BCUT2D eigenvalue weighted by atomic mass is 10.0. The lowest BCUT2D eigenvalue weighted by Crippen LogP contribution is -2.29. The van der Waals surface area contributed by atoms with E-state index in [0.717, 1.165) is 16.8 Å². The topological polar surface area (TPSA) is 84.7 Å². The second-order valence-electron chi connectivity index (χ2n) is 5.62. The molecule has 3 aromatic heterocycles. The fourth-order valence-electron chi connectivity index (χ4n) is 2.77. The Hall–Kier alpha value is -2.72. The Bertz CT molecular complexity index is 993. The molecule has 0 fully saturated rings. The van der Waals surface area contributed by atoms with Crippen molar-refractivity contribution in [3.8, 4) is 17.5 Å². The summed E-state index contributed by atoms with van der Waals surface area (Å²) in [4.78, 5) is 17.1. The van der Waals surface area contributed by atoms with Gasteiger partial charge in [0.2, 0.25) is 5.89 Å². The van der Waals surface area contributed by atoms with Crippen LogP contribution >= 0.6 is 11.3 Å². The summed E-state index contributed by atoms with van der Waals surface area (Å²) in [5, 5.41) is 17.8. The van der Waals surface area contributed by atoms with Crippen LogP contribution < -0.4 is 5.56 Å². The van der Waals surface area contributed by atoms with E-state index in [1.165, 1.54) is 4.68 Å². The highest BCUT2D eigenvalue weighted by Crippen LogP contribution is 2.24. The number of aromatic nitrogens is 3. The largest absolute Gasteiger partial charge is 0.441 e. The van der Waals surface area contributed by atoms with Crippen LogP contribution in [0.3, 0.4) is 0 Å². The second kappa shape index (κ2) is 7.03. The molecule has 7 heteroatoms. The van der Waals surface area contributed by atoms with Crippen LogP contribution in [-0.2, 0) is 19.4 Å². The maximum atomic E-state index is 12.6. The van der Waals surface area contributed by atoms with Crippen molar-refractivity contribution in [2.75, 3.05) is 0 Å². The molecule has 0 aromatic carbocycles. The first-order chi connectivity index (χ1) is 12.1. The number of hydrogen-bond donors (Lipinski definition) is 0. The minimum absolute atomic E-state index is 0.175. The zero-order chi connectivity index (χ0) is 18.0. The smallest absolute Gasteiger partial charge is 0.285 e. The molecule has 0 radical (unpaired) electrons. The van der Waals surface area contributed by atoms with Gasteiger partial charge in [0.1, 0.15) is 23.1 Å². The van der Waals surface area contributed by atoms with Crippen molar-refractivity contribution in [2.45, 2.75) is 40.2 Å². The van der Waals surface area contributed by atoms with E-state index in [2.05, 4.69) is 10.1 Å². The zero-order valence-electron chi connectivity index (χ0n) is 14.4. The first-order valence-corrected chi connectivity index (χ1v) is 9.05. The Balaban J connectivity index is 2.04. The molecule has 3 heterocycles. The van der Waals surface area contributed by atoms with Gasteiger partial charge in [0, 0.05) is 10.9 Å². The van der Waals surface area contributed by atoms with Crippen LogP contribution in [0.25, 0.3) is 11.5 Å². The summed E-state index contributed by atoms with van der Waals surface area (Å²) < 4.78 is 7.03. The second-order valence-corrected chi connectivity index (χ2v) is 6.40. The van der Waals surface area contributed by atoms with Gasteiger partial charge in [0.05, 0.1) is 12.2 Å². The van der Waals surface area contributed by atoms with E-state index in [4.69, 9.17) is 4.42 Å². The fraction of sp³-hybridized carbons (Fsp3) is 0.333. The van der Waals surface area contributed by atoms with Gasteiger partial charge < -0.3 is 4.42 Å². The van der Waals surface area contributed by atoms with Crippen LogP contribution in [-0.4, -0.2) is 14.8 Å². The maximum absolute atomic E-state index is 12.6. The molecule has 0 aliphatic heterocycles. The number of aryl methyl sites for hydroxylation is 2. The molecule has 0 saturated heterocycles. The predicted molar refractivity (Wildman–Crippen MR) is 95.6 cm³/mol. The molecule has 0 atom stereocenters. The van der Waals surface area contributed by atoms with E-state index < -0.39 is 0 Å². The molecule has 0 amide bonds. The molecule has 6 nitrogen and oxygen atoms in total. The number of rotatable bonds is 5. The first kappa shape index (κ1) is 17.1. The SMILES string of the molecule is CCc1nn(Cc2nc(-c3ccsc3)oc2C)c(=O)c(C#N)c1CC. The van der Waals surface area contributed by atoms with Gasteiger partial charge in [-0.1, -0.05) is 13.8 Å². The average Bonchev–Trinajstić information content (AvgIpc) is 3.26. The van der Waals surface area contributed by atoms with Crippen molar-refractivity contribution < 1.29 is 4.42 Å². The summed E-state index contributed by atoms with van der Waals surface area (Å²) in [6.07, 6.45) is 1.27. The van der Waals surface area contributed by atoms with Crippen LogP contribution in [0.2, 0.25) is 0 Å². The Morgan fingerprint density at radius 3 is 2.72 bits per heavy atom. The fourth-order valence-corrected chi connectivity index (χ4v) is 3.40. The monoisotopic (exact) mass is 354 g/mol. The van der Waals surface area contributed by atoms with E-state index in [1.54, 1.807) is 11.3 Å². The van der Waals surface area contributed by atoms with Crippen LogP contribution in [0.4, 0.5) is 0 Å². The Labute approximate surface area is 149 Å². The molecule has 0 unspecified atom stereocenters. The highest BCUT2D eigenvalue weighted by Gasteiger charge is 2.18. The van der Waals surface area contributed by atoms with Crippen LogP contribution in [0.5, 0.6) is 0 Å². The Morgan fingerprint density at radius 2 is 2.12 bits per heavy atom. The highest BCUT2D eigenvalue weighted by molar-refractivity contribution is 7.08. The van der Waals surface area contributed by atoms with Gasteiger partial charge in [0.25, 0.3) is 5.56 Å². The van der Waals surface area contributed by atoms with Crippen molar-refractivity contribution >= 4 is 11.3 Å². The van der Waals surface area contributed by atoms with Crippen LogP contribution in [0.1, 0.15) is 42.1 Å². The molecule has 0 saturated carbocycles. The van der Waals surface area contributed by atoms with E-state index in [-0.39, 0.29) is 17.7 Å². The van der Waals surface area contributed by atoms with Crippen molar-refractivity contribution in [1.29, 1.82) is 5.26 Å². The minimum Gasteiger partial charge on any atom is -0.441 e. The number of nitriles is 1. The standard InChI is InChI=1S/C18H18N4O2S/c1-4-13-14(8-19)18(23)22(21-15(13)5-2)9-16-11(3)24-17(20-16)12-6-7-25-10-12/h6-7,10H,4-5,9H2,1-3H3. The zero-order valence-corrected chi connectivity index (χ0v) is 15.2. The molecule has 0 bridgehead atoms. The quantitative estimate of drug-likeness (QED) is 0.702. The molecule has 25 heavy (non-hydrogen) atoms. The van der Waals surface area contributed by atoms with Crippen molar-refractivity contribution in [3.63, 3.8) is 0 Å². The number of nitrogens with zero attached hydrogens (tertiary/aromatic N) is 4. The molecule has 0 spiro atoms. The molecule has 3 aromatic rings. The normalized spacial score (nSPS) is 10.8. The minimum atomic E-state index is -0.379. The summed E-state index contributed by atoms with van der Waals surface area (Å²) in [6.45, 7) is 5.89. The van der Waals surface area contributed by atoms with Gasteiger partial charge in [-0.25, -0.2) is 9.67 Å². The number of oxazole rings is 1. The summed E-state index contributed by atoms with van der Waals surface area (Å²) in [5.74, 6) is 1.18. The summed E-state index contributed by atoms with van der Waals surface area (Å²) in [5.41, 5.74) is 2.86.